The van der Waals surface area contributed by atoms with E-state index in [-0.39, 0.29) is 11.4 Å². The normalized spacial score (nSPS) is 10.5. The third kappa shape index (κ3) is 4.87. The minimum absolute atomic E-state index is 0.102. The van der Waals surface area contributed by atoms with Crippen molar-refractivity contribution in [2.45, 2.75) is 20.8 Å². The van der Waals surface area contributed by atoms with Crippen molar-refractivity contribution in [3.05, 3.63) is 71.9 Å². The highest BCUT2D eigenvalue weighted by Gasteiger charge is 2.11. The van der Waals surface area contributed by atoms with Crippen LogP contribution in [-0.2, 0) is 0 Å². The molecule has 0 saturated carbocycles. The second-order valence-corrected chi connectivity index (χ2v) is 6.52. The minimum Gasteiger partial charge on any atom is -0.372 e. The van der Waals surface area contributed by atoms with E-state index in [1.807, 2.05) is 13.0 Å². The molecule has 3 rings (SSSR count). The van der Waals surface area contributed by atoms with Crippen molar-refractivity contribution < 1.29 is 9.18 Å². The van der Waals surface area contributed by atoms with Crippen molar-refractivity contribution in [3.63, 3.8) is 0 Å². The molecule has 0 radical (unpaired) electrons. The first kappa shape index (κ1) is 20.3. The Morgan fingerprint density at radius 1 is 1.03 bits per heavy atom. The molecule has 0 aliphatic heterocycles. The zero-order valence-corrected chi connectivity index (χ0v) is 16.7. The van der Waals surface area contributed by atoms with Gasteiger partial charge in [0.1, 0.15) is 17.3 Å². The molecule has 1 amide bonds. The van der Waals surface area contributed by atoms with Crippen LogP contribution in [0.3, 0.4) is 0 Å². The number of anilines is 4. The molecule has 0 fully saturated rings. The first-order chi connectivity index (χ1) is 14.0. The van der Waals surface area contributed by atoms with Gasteiger partial charge in [-0.2, -0.15) is 0 Å². The van der Waals surface area contributed by atoms with E-state index < -0.39 is 11.7 Å². The van der Waals surface area contributed by atoms with Gasteiger partial charge in [-0.15, -0.1) is 0 Å². The highest BCUT2D eigenvalue weighted by Crippen LogP contribution is 2.24. The Hall–Kier alpha value is -3.48. The molecule has 0 spiro atoms. The van der Waals surface area contributed by atoms with Crippen LogP contribution in [0.2, 0.25) is 0 Å². The van der Waals surface area contributed by atoms with Crippen LogP contribution in [-0.4, -0.2) is 29.0 Å². The van der Waals surface area contributed by atoms with Gasteiger partial charge in [0.15, 0.2) is 0 Å². The van der Waals surface area contributed by atoms with Crippen molar-refractivity contribution in [2.75, 3.05) is 28.6 Å². The number of nitrogens with zero attached hydrogens (tertiary/aromatic N) is 3. The number of halogens is 1. The molecule has 2 aromatic carbocycles. The summed E-state index contributed by atoms with van der Waals surface area (Å²) in [5, 5.41) is 5.71. The van der Waals surface area contributed by atoms with Gasteiger partial charge in [0.05, 0.1) is 18.1 Å². The molecule has 1 aromatic heterocycles. The third-order valence-corrected chi connectivity index (χ3v) is 4.61. The number of aromatic nitrogens is 2. The molecule has 150 valence electrons. The maximum atomic E-state index is 13.7. The van der Waals surface area contributed by atoms with E-state index in [2.05, 4.69) is 51.5 Å². The van der Waals surface area contributed by atoms with E-state index in [9.17, 15) is 9.18 Å². The van der Waals surface area contributed by atoms with Gasteiger partial charge < -0.3 is 15.5 Å². The van der Waals surface area contributed by atoms with E-state index in [0.717, 1.165) is 24.3 Å². The summed E-state index contributed by atoms with van der Waals surface area (Å²) >= 11 is 0. The molecule has 3 aromatic rings. The summed E-state index contributed by atoms with van der Waals surface area (Å²) in [6.45, 7) is 8.18. The van der Waals surface area contributed by atoms with Crippen LogP contribution >= 0.6 is 0 Å². The Balaban J connectivity index is 1.69. The lowest BCUT2D eigenvalue weighted by atomic mass is 10.1. The predicted octanol–water partition coefficient (Wildman–Crippen LogP) is 4.77. The van der Waals surface area contributed by atoms with E-state index in [1.165, 1.54) is 30.2 Å². The van der Waals surface area contributed by atoms with Gasteiger partial charge in [-0.1, -0.05) is 12.1 Å². The largest absolute Gasteiger partial charge is 0.372 e. The smallest absolute Gasteiger partial charge is 0.275 e. The zero-order valence-electron chi connectivity index (χ0n) is 16.7. The molecule has 0 aliphatic carbocycles. The SMILES string of the molecule is CCN(CC)c1ccc(Nc2cnc(C(=O)Nc3ccccc3F)cn2)c(C)c1. The Morgan fingerprint density at radius 3 is 2.41 bits per heavy atom. The van der Waals surface area contributed by atoms with E-state index in [1.54, 1.807) is 12.1 Å². The van der Waals surface area contributed by atoms with E-state index in [4.69, 9.17) is 0 Å². The monoisotopic (exact) mass is 393 g/mol. The number of carbonyl (C=O) groups excluding carboxylic acids is 1. The van der Waals surface area contributed by atoms with Gasteiger partial charge in [0, 0.05) is 24.5 Å². The second-order valence-electron chi connectivity index (χ2n) is 6.52. The van der Waals surface area contributed by atoms with Crippen molar-refractivity contribution in [3.8, 4) is 0 Å². The fourth-order valence-corrected chi connectivity index (χ4v) is 2.97. The topological polar surface area (TPSA) is 70.2 Å². The number of para-hydroxylation sites is 1. The standard InChI is InChI=1S/C22H24FN5O/c1-4-28(5-2)16-10-11-18(15(3)12-16)26-21-14-24-20(13-25-21)22(29)27-19-9-7-6-8-17(19)23/h6-14H,4-5H2,1-3H3,(H,25,26)(H,27,29). The quantitative estimate of drug-likeness (QED) is 0.605. The summed E-state index contributed by atoms with van der Waals surface area (Å²) in [5.74, 6) is -0.504. The van der Waals surface area contributed by atoms with Crippen molar-refractivity contribution >= 4 is 28.8 Å². The molecule has 0 aliphatic rings. The summed E-state index contributed by atoms with van der Waals surface area (Å²) in [5.41, 5.74) is 3.37. The average molecular weight is 393 g/mol. The van der Waals surface area contributed by atoms with E-state index >= 15 is 0 Å². The van der Waals surface area contributed by atoms with Gasteiger partial charge in [-0.25, -0.2) is 14.4 Å². The average Bonchev–Trinajstić information content (AvgIpc) is 2.73. The van der Waals surface area contributed by atoms with Crippen LogP contribution in [0.5, 0.6) is 0 Å². The highest BCUT2D eigenvalue weighted by atomic mass is 19.1. The van der Waals surface area contributed by atoms with Crippen LogP contribution in [0.1, 0.15) is 29.9 Å². The third-order valence-electron chi connectivity index (χ3n) is 4.61. The van der Waals surface area contributed by atoms with Crippen molar-refractivity contribution in [1.82, 2.24) is 9.97 Å². The van der Waals surface area contributed by atoms with Crippen LogP contribution in [0.15, 0.2) is 54.9 Å². The molecule has 0 bridgehead atoms. The Morgan fingerprint density at radius 2 is 1.79 bits per heavy atom. The fraction of sp³-hybridized carbons (Fsp3) is 0.227. The van der Waals surface area contributed by atoms with Gasteiger partial charge >= 0.3 is 0 Å². The lowest BCUT2D eigenvalue weighted by molar-refractivity contribution is 0.102. The second kappa shape index (κ2) is 9.14. The van der Waals surface area contributed by atoms with Crippen molar-refractivity contribution in [2.24, 2.45) is 0 Å². The summed E-state index contributed by atoms with van der Waals surface area (Å²) < 4.78 is 13.7. The molecule has 29 heavy (non-hydrogen) atoms. The van der Waals surface area contributed by atoms with Crippen LogP contribution in [0, 0.1) is 12.7 Å². The number of hydrogen-bond acceptors (Lipinski definition) is 5. The maximum absolute atomic E-state index is 13.7. The summed E-state index contributed by atoms with van der Waals surface area (Å²) in [6.07, 6.45) is 2.84. The molecule has 0 saturated heterocycles. The highest BCUT2D eigenvalue weighted by molar-refractivity contribution is 6.02. The van der Waals surface area contributed by atoms with Crippen LogP contribution in [0.4, 0.5) is 27.3 Å². The number of nitrogens with one attached hydrogen (secondary N) is 2. The van der Waals surface area contributed by atoms with Crippen LogP contribution < -0.4 is 15.5 Å². The molecule has 0 atom stereocenters. The Bertz CT molecular complexity index is 987. The first-order valence-electron chi connectivity index (χ1n) is 9.52. The molecule has 1 heterocycles. The molecular formula is C22H24FN5O. The molecule has 7 heteroatoms. The Labute approximate surface area is 169 Å². The zero-order chi connectivity index (χ0) is 20.8. The van der Waals surface area contributed by atoms with Gasteiger partial charge in [0.25, 0.3) is 5.91 Å². The fourth-order valence-electron chi connectivity index (χ4n) is 2.97. The van der Waals surface area contributed by atoms with Crippen molar-refractivity contribution in [1.29, 1.82) is 0 Å². The van der Waals surface area contributed by atoms with Gasteiger partial charge in [0.2, 0.25) is 0 Å². The first-order valence-corrected chi connectivity index (χ1v) is 9.52. The minimum atomic E-state index is -0.520. The van der Waals surface area contributed by atoms with E-state index in [0.29, 0.717) is 5.82 Å². The molecule has 2 N–H and O–H groups in total. The van der Waals surface area contributed by atoms with Gasteiger partial charge in [-0.3, -0.25) is 4.79 Å². The molecule has 0 unspecified atom stereocenters. The molecule has 6 nitrogen and oxygen atoms in total. The number of aryl methyl sites for hydroxylation is 1. The van der Waals surface area contributed by atoms with Crippen LogP contribution in [0.25, 0.3) is 0 Å². The van der Waals surface area contributed by atoms with Gasteiger partial charge in [-0.05, 0) is 56.7 Å². The molecular weight excluding hydrogens is 369 g/mol. The summed E-state index contributed by atoms with van der Waals surface area (Å²) in [6, 6.07) is 12.2. The maximum Gasteiger partial charge on any atom is 0.275 e. The lowest BCUT2D eigenvalue weighted by Crippen LogP contribution is -2.21. The Kier molecular flexibility index (Phi) is 6.39. The number of amides is 1. The summed E-state index contributed by atoms with van der Waals surface area (Å²) in [4.78, 5) is 22.9. The lowest BCUT2D eigenvalue weighted by Gasteiger charge is -2.22. The predicted molar refractivity (Wildman–Crippen MR) is 114 cm³/mol. The number of carbonyl (C=O) groups is 1. The summed E-state index contributed by atoms with van der Waals surface area (Å²) in [7, 11) is 0. The number of hydrogen-bond donors (Lipinski definition) is 2. The number of benzene rings is 2. The number of rotatable bonds is 7.